The van der Waals surface area contributed by atoms with Gasteiger partial charge in [-0.2, -0.15) is 0 Å². The molecular weight excluding hydrogens is 332 g/mol. The van der Waals surface area contributed by atoms with Crippen LogP contribution in [-0.2, 0) is 4.79 Å². The van der Waals surface area contributed by atoms with Crippen LogP contribution >= 0.6 is 11.6 Å². The quantitative estimate of drug-likeness (QED) is 0.610. The number of nitrogens with zero attached hydrogens (tertiary/aromatic N) is 2. The van der Waals surface area contributed by atoms with Gasteiger partial charge in [-0.1, -0.05) is 24.4 Å². The van der Waals surface area contributed by atoms with Crippen molar-refractivity contribution in [2.24, 2.45) is 5.92 Å². The van der Waals surface area contributed by atoms with Crippen molar-refractivity contribution < 1.29 is 14.5 Å². The number of hydrogen-bond donors (Lipinski definition) is 0. The van der Waals surface area contributed by atoms with Crippen LogP contribution in [0.2, 0.25) is 5.02 Å². The normalized spacial score (nSPS) is 23.5. The van der Waals surface area contributed by atoms with Crippen molar-refractivity contribution in [1.82, 2.24) is 4.90 Å². The fraction of sp³-hybridized carbons (Fsp3) is 0.588. The average Bonchev–Trinajstić information content (AvgIpc) is 2.59. The Morgan fingerprint density at radius 2 is 2.04 bits per heavy atom. The smallest absolute Gasteiger partial charge is 0.312 e. The van der Waals surface area contributed by atoms with Gasteiger partial charge in [0.15, 0.2) is 12.4 Å². The SMILES string of the molecule is O=C(COc1ccc(Cl)cc1[N+](=O)[O-])N1CCC[C@H]2CCCC[C@H]21. The summed E-state index contributed by atoms with van der Waals surface area (Å²) in [7, 11) is 0. The second kappa shape index (κ2) is 7.38. The van der Waals surface area contributed by atoms with Crippen LogP contribution in [0.4, 0.5) is 5.69 Å². The molecule has 2 fully saturated rings. The lowest BCUT2D eigenvalue weighted by Crippen LogP contribution is -2.51. The number of amides is 1. The van der Waals surface area contributed by atoms with Gasteiger partial charge in [-0.15, -0.1) is 0 Å². The topological polar surface area (TPSA) is 72.7 Å². The Morgan fingerprint density at radius 3 is 2.83 bits per heavy atom. The summed E-state index contributed by atoms with van der Waals surface area (Å²) in [5.41, 5.74) is -0.218. The van der Waals surface area contributed by atoms with E-state index in [2.05, 4.69) is 0 Å². The van der Waals surface area contributed by atoms with Crippen LogP contribution in [0, 0.1) is 16.0 Å². The summed E-state index contributed by atoms with van der Waals surface area (Å²) in [6, 6.07) is 4.50. The summed E-state index contributed by atoms with van der Waals surface area (Å²) in [5.74, 6) is 0.590. The second-order valence-electron chi connectivity index (χ2n) is 6.50. The third-order valence-electron chi connectivity index (χ3n) is 5.03. The first kappa shape index (κ1) is 17.0. The summed E-state index contributed by atoms with van der Waals surface area (Å²) in [6.07, 6.45) is 6.87. The van der Waals surface area contributed by atoms with Crippen molar-refractivity contribution in [1.29, 1.82) is 0 Å². The molecule has 1 saturated carbocycles. The maximum Gasteiger partial charge on any atom is 0.312 e. The summed E-state index contributed by atoms with van der Waals surface area (Å²) >= 11 is 5.79. The van der Waals surface area contributed by atoms with Gasteiger partial charge >= 0.3 is 5.69 Å². The molecule has 130 valence electrons. The zero-order chi connectivity index (χ0) is 17.1. The number of nitro groups is 1. The molecule has 1 aliphatic heterocycles. The van der Waals surface area contributed by atoms with Crippen LogP contribution in [0.3, 0.4) is 0 Å². The zero-order valence-corrected chi connectivity index (χ0v) is 14.2. The Labute approximate surface area is 145 Å². The highest BCUT2D eigenvalue weighted by atomic mass is 35.5. The number of hydrogen-bond acceptors (Lipinski definition) is 4. The van der Waals surface area contributed by atoms with E-state index in [9.17, 15) is 14.9 Å². The lowest BCUT2D eigenvalue weighted by Gasteiger charge is -2.44. The highest BCUT2D eigenvalue weighted by Gasteiger charge is 2.35. The third kappa shape index (κ3) is 3.64. The van der Waals surface area contributed by atoms with E-state index in [1.54, 1.807) is 0 Å². The molecule has 0 bridgehead atoms. The van der Waals surface area contributed by atoms with Gasteiger partial charge in [0.2, 0.25) is 0 Å². The van der Waals surface area contributed by atoms with E-state index < -0.39 is 4.92 Å². The molecular formula is C17H21ClN2O4. The van der Waals surface area contributed by atoms with Gasteiger partial charge in [0, 0.05) is 23.7 Å². The van der Waals surface area contributed by atoms with E-state index in [1.807, 2.05) is 4.90 Å². The number of benzene rings is 1. The Morgan fingerprint density at radius 1 is 1.29 bits per heavy atom. The highest BCUT2D eigenvalue weighted by Crippen LogP contribution is 2.35. The number of likely N-dealkylation sites (tertiary alicyclic amines) is 1. The number of carbonyl (C=O) groups is 1. The van der Waals surface area contributed by atoms with Crippen molar-refractivity contribution in [2.75, 3.05) is 13.2 Å². The van der Waals surface area contributed by atoms with Gasteiger partial charge < -0.3 is 9.64 Å². The van der Waals surface area contributed by atoms with Crippen molar-refractivity contribution in [3.05, 3.63) is 33.3 Å². The standard InChI is InChI=1S/C17H21ClN2O4/c18-13-7-8-16(15(10-13)20(22)23)24-11-17(21)19-9-3-5-12-4-1-2-6-14(12)19/h7-8,10,12,14H,1-6,9,11H2/t12-,14-/m1/s1. The molecule has 0 unspecified atom stereocenters. The molecule has 7 heteroatoms. The summed E-state index contributed by atoms with van der Waals surface area (Å²) in [6.45, 7) is 0.581. The number of ether oxygens (including phenoxy) is 1. The van der Waals surface area contributed by atoms with Gasteiger partial charge in [-0.05, 0) is 43.7 Å². The number of carbonyl (C=O) groups excluding carboxylic acids is 1. The van der Waals surface area contributed by atoms with E-state index >= 15 is 0 Å². The minimum absolute atomic E-state index is 0.0787. The Bertz CT molecular complexity index is 635. The third-order valence-corrected chi connectivity index (χ3v) is 5.27. The molecule has 3 rings (SSSR count). The van der Waals surface area contributed by atoms with Gasteiger partial charge in [0.25, 0.3) is 5.91 Å². The lowest BCUT2D eigenvalue weighted by atomic mass is 9.78. The van der Waals surface area contributed by atoms with E-state index in [1.165, 1.54) is 37.5 Å². The first-order valence-corrected chi connectivity index (χ1v) is 8.80. The van der Waals surface area contributed by atoms with Crippen LogP contribution in [0.25, 0.3) is 0 Å². The molecule has 6 nitrogen and oxygen atoms in total. The van der Waals surface area contributed by atoms with E-state index in [-0.39, 0.29) is 29.0 Å². The molecule has 0 radical (unpaired) electrons. The van der Waals surface area contributed by atoms with Gasteiger partial charge in [-0.3, -0.25) is 14.9 Å². The van der Waals surface area contributed by atoms with Crippen molar-refractivity contribution >= 4 is 23.2 Å². The molecule has 1 saturated heterocycles. The molecule has 2 aliphatic rings. The Kier molecular flexibility index (Phi) is 5.23. The number of rotatable bonds is 4. The fourth-order valence-corrected chi connectivity index (χ4v) is 4.08. The van der Waals surface area contributed by atoms with Gasteiger partial charge in [0.05, 0.1) is 4.92 Å². The second-order valence-corrected chi connectivity index (χ2v) is 6.94. The molecule has 0 spiro atoms. The predicted octanol–water partition coefficient (Wildman–Crippen LogP) is 3.81. The maximum absolute atomic E-state index is 12.6. The van der Waals surface area contributed by atoms with Crippen LogP contribution in [0.15, 0.2) is 18.2 Å². The number of halogens is 1. The van der Waals surface area contributed by atoms with E-state index in [0.29, 0.717) is 12.0 Å². The largest absolute Gasteiger partial charge is 0.477 e. The Hall–Kier alpha value is -1.82. The minimum Gasteiger partial charge on any atom is -0.477 e. The summed E-state index contributed by atoms with van der Waals surface area (Å²) < 4.78 is 5.46. The lowest BCUT2D eigenvalue weighted by molar-refractivity contribution is -0.385. The van der Waals surface area contributed by atoms with Crippen LogP contribution in [-0.4, -0.2) is 34.9 Å². The van der Waals surface area contributed by atoms with Crippen molar-refractivity contribution in [3.63, 3.8) is 0 Å². The predicted molar refractivity (Wildman–Crippen MR) is 90.3 cm³/mol. The van der Waals surface area contributed by atoms with Gasteiger partial charge in [-0.25, -0.2) is 0 Å². The summed E-state index contributed by atoms with van der Waals surface area (Å²) in [5, 5.41) is 11.3. The van der Waals surface area contributed by atoms with Crippen LogP contribution in [0.5, 0.6) is 5.75 Å². The molecule has 0 aromatic heterocycles. The fourth-order valence-electron chi connectivity index (χ4n) is 3.91. The van der Waals surface area contributed by atoms with Crippen LogP contribution in [0.1, 0.15) is 38.5 Å². The molecule has 1 aliphatic carbocycles. The number of nitro benzene ring substituents is 1. The maximum atomic E-state index is 12.6. The van der Waals surface area contributed by atoms with Crippen molar-refractivity contribution in [3.8, 4) is 5.75 Å². The highest BCUT2D eigenvalue weighted by molar-refractivity contribution is 6.30. The molecule has 1 aromatic rings. The monoisotopic (exact) mass is 352 g/mol. The van der Waals surface area contributed by atoms with Gasteiger partial charge in [0.1, 0.15) is 0 Å². The number of fused-ring (bicyclic) bond motifs is 1. The average molecular weight is 353 g/mol. The first-order chi connectivity index (χ1) is 11.6. The summed E-state index contributed by atoms with van der Waals surface area (Å²) in [4.78, 5) is 25.0. The van der Waals surface area contributed by atoms with Crippen molar-refractivity contribution in [2.45, 2.75) is 44.6 Å². The van der Waals surface area contributed by atoms with Crippen LogP contribution < -0.4 is 4.74 Å². The molecule has 1 heterocycles. The zero-order valence-electron chi connectivity index (χ0n) is 13.4. The molecule has 1 aromatic carbocycles. The molecule has 2 atom stereocenters. The number of piperidine rings is 1. The molecule has 24 heavy (non-hydrogen) atoms. The first-order valence-electron chi connectivity index (χ1n) is 8.42. The Balaban J connectivity index is 1.66. The minimum atomic E-state index is -0.552. The molecule has 1 amide bonds. The molecule has 0 N–H and O–H groups in total. The van der Waals surface area contributed by atoms with E-state index in [0.717, 1.165) is 25.8 Å². The van der Waals surface area contributed by atoms with E-state index in [4.69, 9.17) is 16.3 Å².